The molecule has 0 unspecified atom stereocenters. The zero-order chi connectivity index (χ0) is 12.3. The quantitative estimate of drug-likeness (QED) is 0.563. The molecule has 0 amide bonds. The molecule has 0 spiro atoms. The number of hydrogen-bond acceptors (Lipinski definition) is 2. The fourth-order valence-corrected chi connectivity index (χ4v) is 2.14. The van der Waals surface area contributed by atoms with Crippen LogP contribution in [0.2, 0.25) is 0 Å². The molecule has 0 saturated heterocycles. The Bertz CT molecular complexity index is 539. The summed E-state index contributed by atoms with van der Waals surface area (Å²) < 4.78 is 0.794. The normalized spacial score (nSPS) is 11.5. The molecule has 2 rings (SSSR count). The number of hydrogen-bond donors (Lipinski definition) is 3. The Hall–Kier alpha value is -1.13. The minimum Gasteiger partial charge on any atom is -0.315 e. The lowest BCUT2D eigenvalue weighted by atomic mass is 10.1. The molecule has 0 bridgehead atoms. The van der Waals surface area contributed by atoms with Crippen LogP contribution in [-0.2, 0) is 6.42 Å². The maximum atomic E-state index is 5.22. The van der Waals surface area contributed by atoms with E-state index >= 15 is 0 Å². The van der Waals surface area contributed by atoms with Gasteiger partial charge in [-0.15, -0.1) is 0 Å². The van der Waals surface area contributed by atoms with E-state index in [1.54, 1.807) is 0 Å². The summed E-state index contributed by atoms with van der Waals surface area (Å²) in [5.41, 5.74) is 2.43. The molecule has 1 aromatic carbocycles. The summed E-state index contributed by atoms with van der Waals surface area (Å²) >= 11 is 5.22. The Labute approximate surface area is 107 Å². The van der Waals surface area contributed by atoms with Gasteiger partial charge in [-0.25, -0.2) is 0 Å². The zero-order valence-corrected chi connectivity index (χ0v) is 11.2. The van der Waals surface area contributed by atoms with Crippen molar-refractivity contribution in [3.63, 3.8) is 0 Å². The third-order valence-electron chi connectivity index (χ3n) is 2.83. The summed E-state index contributed by atoms with van der Waals surface area (Å²) in [6.07, 6.45) is 2.25. The molecule has 0 saturated carbocycles. The van der Waals surface area contributed by atoms with E-state index in [9.17, 15) is 0 Å². The molecule has 3 nitrogen and oxygen atoms in total. The molecule has 92 valence electrons. The maximum Gasteiger partial charge on any atom is 0.127 e. The first kappa shape index (κ1) is 12.3. The largest absolute Gasteiger partial charge is 0.315 e. The highest BCUT2D eigenvalue weighted by molar-refractivity contribution is 7.71. The summed E-state index contributed by atoms with van der Waals surface area (Å²) in [7, 11) is 0. The van der Waals surface area contributed by atoms with Gasteiger partial charge < -0.3 is 5.32 Å². The lowest BCUT2D eigenvalue weighted by molar-refractivity contribution is 0.570. The molecule has 0 radical (unpaired) electrons. The van der Waals surface area contributed by atoms with Crippen molar-refractivity contribution in [3.05, 3.63) is 28.4 Å². The highest BCUT2D eigenvalue weighted by atomic mass is 32.1. The van der Waals surface area contributed by atoms with Crippen LogP contribution in [-0.4, -0.2) is 22.8 Å². The Morgan fingerprint density at radius 1 is 1.29 bits per heavy atom. The average molecular weight is 249 g/mol. The van der Waals surface area contributed by atoms with Crippen molar-refractivity contribution in [2.24, 2.45) is 0 Å². The molecule has 4 heteroatoms. The van der Waals surface area contributed by atoms with Crippen molar-refractivity contribution in [2.75, 3.05) is 6.54 Å². The van der Waals surface area contributed by atoms with Crippen molar-refractivity contribution < 1.29 is 0 Å². The highest BCUT2D eigenvalue weighted by Gasteiger charge is 2.00. The minimum atomic E-state index is 0.566. The van der Waals surface area contributed by atoms with E-state index in [0.717, 1.165) is 34.9 Å². The second kappa shape index (κ2) is 5.47. The second-order valence-electron chi connectivity index (χ2n) is 4.67. The Morgan fingerprint density at radius 2 is 2.12 bits per heavy atom. The van der Waals surface area contributed by atoms with E-state index in [2.05, 4.69) is 47.6 Å². The van der Waals surface area contributed by atoms with Crippen LogP contribution in [0, 0.1) is 4.64 Å². The van der Waals surface area contributed by atoms with Crippen molar-refractivity contribution in [3.8, 4) is 0 Å². The first-order valence-electron chi connectivity index (χ1n) is 6.09. The molecule has 0 aliphatic rings. The van der Waals surface area contributed by atoms with Crippen molar-refractivity contribution >= 4 is 23.1 Å². The summed E-state index contributed by atoms with van der Waals surface area (Å²) in [5, 5.41) is 10.6. The van der Waals surface area contributed by atoms with Gasteiger partial charge in [0, 0.05) is 11.4 Å². The second-order valence-corrected chi connectivity index (χ2v) is 5.08. The van der Waals surface area contributed by atoms with Crippen LogP contribution in [0.1, 0.15) is 25.8 Å². The zero-order valence-electron chi connectivity index (χ0n) is 10.3. The van der Waals surface area contributed by atoms with Crippen LogP contribution in [0.15, 0.2) is 18.2 Å². The van der Waals surface area contributed by atoms with Crippen molar-refractivity contribution in [1.29, 1.82) is 0 Å². The molecule has 1 heterocycles. The van der Waals surface area contributed by atoms with E-state index in [1.807, 2.05) is 0 Å². The summed E-state index contributed by atoms with van der Waals surface area (Å²) in [6, 6.07) is 7.00. The van der Waals surface area contributed by atoms with Gasteiger partial charge in [-0.1, -0.05) is 32.1 Å². The fourth-order valence-electron chi connectivity index (χ4n) is 1.92. The Kier molecular flexibility index (Phi) is 3.97. The minimum absolute atomic E-state index is 0.566. The van der Waals surface area contributed by atoms with Crippen molar-refractivity contribution in [2.45, 2.75) is 32.7 Å². The van der Waals surface area contributed by atoms with Crippen LogP contribution < -0.4 is 5.32 Å². The first-order chi connectivity index (χ1) is 8.16. The van der Waals surface area contributed by atoms with Gasteiger partial charge in [0.1, 0.15) is 4.64 Å². The molecule has 3 N–H and O–H groups in total. The number of aryl methyl sites for hydroxylation is 1. The molecular formula is C13H19N3S. The van der Waals surface area contributed by atoms with E-state index in [1.165, 1.54) is 5.56 Å². The number of nitrogens with one attached hydrogen (secondary N) is 3. The molecular weight excluding hydrogens is 230 g/mol. The molecule has 0 aliphatic carbocycles. The standard InChI is InChI=1S/C13H19N3S/c1-9(2)14-7-3-4-10-5-6-12-11(8-10)13(17)16-15-12/h5-6,8-9,14H,3-4,7H2,1-2H3,(H2,15,16,17). The van der Waals surface area contributed by atoms with E-state index in [-0.39, 0.29) is 0 Å². The van der Waals surface area contributed by atoms with Crippen LogP contribution in [0.4, 0.5) is 0 Å². The number of fused-ring (bicyclic) bond motifs is 1. The molecule has 17 heavy (non-hydrogen) atoms. The lowest BCUT2D eigenvalue weighted by Gasteiger charge is -2.07. The van der Waals surface area contributed by atoms with Gasteiger partial charge in [0.25, 0.3) is 0 Å². The van der Waals surface area contributed by atoms with Gasteiger partial charge in [-0.2, -0.15) is 0 Å². The Balaban J connectivity index is 1.99. The molecule has 0 fully saturated rings. The summed E-state index contributed by atoms with van der Waals surface area (Å²) in [5.74, 6) is 0. The van der Waals surface area contributed by atoms with Crippen LogP contribution >= 0.6 is 12.2 Å². The first-order valence-corrected chi connectivity index (χ1v) is 6.50. The average Bonchev–Trinajstić information content (AvgIpc) is 2.66. The number of aromatic nitrogens is 2. The van der Waals surface area contributed by atoms with Crippen LogP contribution in [0.3, 0.4) is 0 Å². The highest BCUT2D eigenvalue weighted by Crippen LogP contribution is 2.15. The number of benzene rings is 1. The topological polar surface area (TPSA) is 43.6 Å². The van der Waals surface area contributed by atoms with Gasteiger partial charge in [0.15, 0.2) is 0 Å². The third-order valence-corrected chi connectivity index (χ3v) is 3.16. The third kappa shape index (κ3) is 3.17. The number of rotatable bonds is 5. The van der Waals surface area contributed by atoms with E-state index < -0.39 is 0 Å². The smallest absolute Gasteiger partial charge is 0.127 e. The monoisotopic (exact) mass is 249 g/mol. The molecule has 1 aromatic heterocycles. The van der Waals surface area contributed by atoms with Crippen molar-refractivity contribution in [1.82, 2.24) is 15.5 Å². The number of aromatic amines is 2. The van der Waals surface area contributed by atoms with Gasteiger partial charge in [0.2, 0.25) is 0 Å². The maximum absolute atomic E-state index is 5.22. The fraction of sp³-hybridized carbons (Fsp3) is 0.462. The summed E-state index contributed by atoms with van der Waals surface area (Å²) in [6.45, 7) is 5.41. The SMILES string of the molecule is CC(C)NCCCc1ccc2[nH][nH]c(=S)c2c1. The van der Waals surface area contributed by atoms with Gasteiger partial charge in [-0.05, 0) is 37.1 Å². The predicted molar refractivity (Wildman–Crippen MR) is 74.9 cm³/mol. The number of H-pyrrole nitrogens is 2. The van der Waals surface area contributed by atoms with Crippen LogP contribution in [0.5, 0.6) is 0 Å². The van der Waals surface area contributed by atoms with E-state index in [4.69, 9.17) is 12.2 Å². The van der Waals surface area contributed by atoms with Gasteiger partial charge in [0.05, 0.1) is 5.52 Å². The molecule has 2 aromatic rings. The predicted octanol–water partition coefficient (Wildman–Crippen LogP) is 3.16. The molecule has 0 aliphatic heterocycles. The summed E-state index contributed by atoms with van der Waals surface area (Å²) in [4.78, 5) is 0. The van der Waals surface area contributed by atoms with Gasteiger partial charge in [-0.3, -0.25) is 10.2 Å². The lowest BCUT2D eigenvalue weighted by Crippen LogP contribution is -2.23. The molecule has 0 atom stereocenters. The Morgan fingerprint density at radius 3 is 2.88 bits per heavy atom. The van der Waals surface area contributed by atoms with Crippen LogP contribution in [0.25, 0.3) is 10.9 Å². The van der Waals surface area contributed by atoms with E-state index in [0.29, 0.717) is 6.04 Å². The van der Waals surface area contributed by atoms with Gasteiger partial charge >= 0.3 is 0 Å².